The summed E-state index contributed by atoms with van der Waals surface area (Å²) in [6.45, 7) is 3.98. The van der Waals surface area contributed by atoms with Crippen LogP contribution in [0.2, 0.25) is 5.02 Å². The van der Waals surface area contributed by atoms with E-state index in [4.69, 9.17) is 16.0 Å². The van der Waals surface area contributed by atoms with E-state index in [1.807, 2.05) is 19.9 Å². The maximum absolute atomic E-state index is 12.9. The number of rotatable bonds is 7. The highest BCUT2D eigenvalue weighted by molar-refractivity contribution is 6.30. The fraction of sp³-hybridized carbons (Fsp3) is 0.286. The molecule has 3 rings (SSSR count). The molecule has 8 heteroatoms. The first kappa shape index (κ1) is 20.7. The molecule has 0 aliphatic rings. The van der Waals surface area contributed by atoms with Crippen LogP contribution >= 0.6 is 11.6 Å². The van der Waals surface area contributed by atoms with Crippen molar-refractivity contribution in [3.05, 3.63) is 59.4 Å². The van der Waals surface area contributed by atoms with E-state index in [0.717, 1.165) is 0 Å². The first-order chi connectivity index (χ1) is 13.9. The lowest BCUT2D eigenvalue weighted by Gasteiger charge is -2.18. The number of halogens is 1. The first-order valence-electron chi connectivity index (χ1n) is 9.31. The fourth-order valence-electron chi connectivity index (χ4n) is 3.01. The van der Waals surface area contributed by atoms with Gasteiger partial charge in [-0.2, -0.15) is 5.10 Å². The van der Waals surface area contributed by atoms with E-state index < -0.39 is 11.9 Å². The molecule has 0 saturated heterocycles. The van der Waals surface area contributed by atoms with Crippen molar-refractivity contribution in [3.8, 4) is 17.1 Å². The highest BCUT2D eigenvalue weighted by atomic mass is 35.5. The molecule has 0 fully saturated rings. The predicted octanol–water partition coefficient (Wildman–Crippen LogP) is 3.68. The largest absolute Gasteiger partial charge is 0.463 e. The SMILES string of the molecule is CNC(=O)[C@@H](CC(C)C)NC(=O)c1cc(-c2ccco2)n(-c2cccc(Cl)c2)n1. The van der Waals surface area contributed by atoms with E-state index in [1.54, 1.807) is 54.4 Å². The Kier molecular flexibility index (Phi) is 6.39. The summed E-state index contributed by atoms with van der Waals surface area (Å²) in [5.74, 6) is 0.113. The minimum atomic E-state index is -0.643. The molecule has 0 radical (unpaired) electrons. The van der Waals surface area contributed by atoms with Crippen molar-refractivity contribution in [2.24, 2.45) is 5.92 Å². The standard InChI is InChI=1S/C21H23ClN4O3/c1-13(2)10-16(20(27)23-3)24-21(28)17-12-18(19-8-5-9-29-19)26(25-17)15-7-4-6-14(22)11-15/h4-9,11-13,16H,10H2,1-3H3,(H,23,27)(H,24,28)/t16-/m1/s1. The van der Waals surface area contributed by atoms with Crippen LogP contribution in [0.1, 0.15) is 30.8 Å². The van der Waals surface area contributed by atoms with Gasteiger partial charge in [0.2, 0.25) is 5.91 Å². The predicted molar refractivity (Wildman–Crippen MR) is 111 cm³/mol. The normalized spacial score (nSPS) is 12.0. The maximum Gasteiger partial charge on any atom is 0.272 e. The van der Waals surface area contributed by atoms with E-state index in [2.05, 4.69) is 15.7 Å². The average molecular weight is 415 g/mol. The van der Waals surface area contributed by atoms with Gasteiger partial charge in [0.1, 0.15) is 11.7 Å². The molecule has 2 aromatic heterocycles. The van der Waals surface area contributed by atoms with Crippen molar-refractivity contribution in [2.45, 2.75) is 26.3 Å². The Morgan fingerprint density at radius 3 is 2.62 bits per heavy atom. The second kappa shape index (κ2) is 8.96. The van der Waals surface area contributed by atoms with Crippen LogP contribution in [0.3, 0.4) is 0 Å². The van der Waals surface area contributed by atoms with Crippen LogP contribution in [0.4, 0.5) is 0 Å². The Bertz CT molecular complexity index is 995. The summed E-state index contributed by atoms with van der Waals surface area (Å²) in [5, 5.41) is 10.4. The van der Waals surface area contributed by atoms with Crippen molar-refractivity contribution in [2.75, 3.05) is 7.05 Å². The summed E-state index contributed by atoms with van der Waals surface area (Å²) in [4.78, 5) is 25.0. The van der Waals surface area contributed by atoms with Gasteiger partial charge in [-0.25, -0.2) is 4.68 Å². The Labute approximate surface area is 174 Å². The molecule has 2 heterocycles. The molecule has 1 atom stereocenters. The number of hydrogen-bond acceptors (Lipinski definition) is 4. The molecular formula is C21H23ClN4O3. The molecule has 0 bridgehead atoms. The zero-order valence-electron chi connectivity index (χ0n) is 16.5. The Morgan fingerprint density at radius 1 is 1.21 bits per heavy atom. The van der Waals surface area contributed by atoms with Gasteiger partial charge in [-0.05, 0) is 42.7 Å². The lowest BCUT2D eigenvalue weighted by molar-refractivity contribution is -0.122. The van der Waals surface area contributed by atoms with Gasteiger partial charge in [0.05, 0.1) is 12.0 Å². The van der Waals surface area contributed by atoms with Gasteiger partial charge in [0, 0.05) is 18.1 Å². The highest BCUT2D eigenvalue weighted by Gasteiger charge is 2.24. The van der Waals surface area contributed by atoms with Crippen LogP contribution in [0.5, 0.6) is 0 Å². The number of nitrogens with zero attached hydrogens (tertiary/aromatic N) is 2. The summed E-state index contributed by atoms with van der Waals surface area (Å²) in [7, 11) is 1.55. The molecule has 0 spiro atoms. The van der Waals surface area contributed by atoms with Gasteiger partial charge in [-0.1, -0.05) is 31.5 Å². The zero-order valence-corrected chi connectivity index (χ0v) is 17.2. The Balaban J connectivity index is 1.96. The molecule has 2 amide bonds. The van der Waals surface area contributed by atoms with Crippen molar-refractivity contribution in [1.82, 2.24) is 20.4 Å². The second-order valence-electron chi connectivity index (χ2n) is 7.05. The van der Waals surface area contributed by atoms with Crippen LogP contribution in [0.15, 0.2) is 53.1 Å². The van der Waals surface area contributed by atoms with Crippen LogP contribution < -0.4 is 10.6 Å². The number of furan rings is 1. The van der Waals surface area contributed by atoms with Gasteiger partial charge >= 0.3 is 0 Å². The zero-order chi connectivity index (χ0) is 21.0. The van der Waals surface area contributed by atoms with Gasteiger partial charge in [-0.3, -0.25) is 9.59 Å². The number of aromatic nitrogens is 2. The molecule has 0 aliphatic heterocycles. The number of benzene rings is 1. The molecule has 0 saturated carbocycles. The molecule has 1 aromatic carbocycles. The van der Waals surface area contributed by atoms with Gasteiger partial charge < -0.3 is 15.1 Å². The fourth-order valence-corrected chi connectivity index (χ4v) is 3.19. The van der Waals surface area contributed by atoms with Crippen molar-refractivity contribution < 1.29 is 14.0 Å². The van der Waals surface area contributed by atoms with Crippen molar-refractivity contribution in [3.63, 3.8) is 0 Å². The number of likely N-dealkylation sites (N-methyl/N-ethyl adjacent to an activating group) is 1. The van der Waals surface area contributed by atoms with E-state index in [9.17, 15) is 9.59 Å². The number of carbonyl (C=O) groups is 2. The van der Waals surface area contributed by atoms with Crippen LogP contribution in [-0.2, 0) is 4.79 Å². The van der Waals surface area contributed by atoms with E-state index in [1.165, 1.54) is 0 Å². The second-order valence-corrected chi connectivity index (χ2v) is 7.49. The monoisotopic (exact) mass is 414 g/mol. The third-order valence-electron chi connectivity index (χ3n) is 4.34. The lowest BCUT2D eigenvalue weighted by Crippen LogP contribution is -2.46. The van der Waals surface area contributed by atoms with E-state index in [0.29, 0.717) is 28.6 Å². The van der Waals surface area contributed by atoms with Crippen LogP contribution in [-0.4, -0.2) is 34.7 Å². The molecule has 29 heavy (non-hydrogen) atoms. The third-order valence-corrected chi connectivity index (χ3v) is 4.58. The van der Waals surface area contributed by atoms with Crippen molar-refractivity contribution in [1.29, 1.82) is 0 Å². The van der Waals surface area contributed by atoms with E-state index in [-0.39, 0.29) is 17.5 Å². The molecule has 2 N–H and O–H groups in total. The number of nitrogens with one attached hydrogen (secondary N) is 2. The topological polar surface area (TPSA) is 89.2 Å². The molecule has 3 aromatic rings. The summed E-state index contributed by atoms with van der Waals surface area (Å²) in [6, 6.07) is 11.7. The average Bonchev–Trinajstić information content (AvgIpc) is 3.36. The van der Waals surface area contributed by atoms with Crippen LogP contribution in [0, 0.1) is 5.92 Å². The molecular weight excluding hydrogens is 392 g/mol. The minimum absolute atomic E-state index is 0.175. The minimum Gasteiger partial charge on any atom is -0.463 e. The number of amides is 2. The molecule has 152 valence electrons. The maximum atomic E-state index is 12.9. The van der Waals surface area contributed by atoms with Gasteiger partial charge in [0.15, 0.2) is 11.5 Å². The van der Waals surface area contributed by atoms with Gasteiger partial charge in [-0.15, -0.1) is 0 Å². The third kappa shape index (κ3) is 4.86. The summed E-state index contributed by atoms with van der Waals surface area (Å²) in [5.41, 5.74) is 1.46. The molecule has 0 unspecified atom stereocenters. The quantitative estimate of drug-likeness (QED) is 0.617. The highest BCUT2D eigenvalue weighted by Crippen LogP contribution is 2.26. The first-order valence-corrected chi connectivity index (χ1v) is 9.69. The Hall–Kier alpha value is -3.06. The lowest BCUT2D eigenvalue weighted by atomic mass is 10.0. The van der Waals surface area contributed by atoms with Crippen molar-refractivity contribution >= 4 is 23.4 Å². The Morgan fingerprint density at radius 2 is 2.00 bits per heavy atom. The van der Waals surface area contributed by atoms with E-state index >= 15 is 0 Å². The summed E-state index contributed by atoms with van der Waals surface area (Å²) in [6.07, 6.45) is 2.07. The smallest absolute Gasteiger partial charge is 0.272 e. The molecule has 7 nitrogen and oxygen atoms in total. The van der Waals surface area contributed by atoms with Crippen LogP contribution in [0.25, 0.3) is 17.1 Å². The summed E-state index contributed by atoms with van der Waals surface area (Å²) < 4.78 is 7.10. The molecule has 0 aliphatic carbocycles. The number of carbonyl (C=O) groups excluding carboxylic acids is 2. The number of hydrogen-bond donors (Lipinski definition) is 2. The summed E-state index contributed by atoms with van der Waals surface area (Å²) >= 11 is 6.12. The van der Waals surface area contributed by atoms with Gasteiger partial charge in [0.25, 0.3) is 5.91 Å².